The lowest BCUT2D eigenvalue weighted by atomic mass is 9.93. The summed E-state index contributed by atoms with van der Waals surface area (Å²) in [4.78, 5) is 16.4. The highest BCUT2D eigenvalue weighted by Gasteiger charge is 2.61. The molecule has 2 aliphatic rings. The van der Waals surface area contributed by atoms with Crippen molar-refractivity contribution in [2.75, 3.05) is 55.9 Å². The largest absolute Gasteiger partial charge is 0.495 e. The monoisotopic (exact) mass is 613 g/mol. The smallest absolute Gasteiger partial charge is 0.420 e. The van der Waals surface area contributed by atoms with Crippen molar-refractivity contribution in [2.24, 2.45) is 0 Å². The summed E-state index contributed by atoms with van der Waals surface area (Å²) >= 11 is 0. The van der Waals surface area contributed by atoms with Crippen LogP contribution < -0.4 is 25.0 Å². The van der Waals surface area contributed by atoms with Crippen LogP contribution in [0, 0.1) is 5.82 Å². The van der Waals surface area contributed by atoms with E-state index in [9.17, 15) is 18.3 Å². The second-order valence-electron chi connectivity index (χ2n) is 11.1. The van der Waals surface area contributed by atoms with Gasteiger partial charge in [-0.3, -0.25) is 0 Å². The molecule has 232 valence electrons. The Bertz CT molecular complexity index is 1660. The highest BCUT2D eigenvalue weighted by molar-refractivity contribution is 5.95. The lowest BCUT2D eigenvalue weighted by Crippen LogP contribution is -2.69. The maximum absolute atomic E-state index is 15.3. The normalized spacial score (nSPS) is 17.3. The van der Waals surface area contributed by atoms with Crippen molar-refractivity contribution in [1.29, 1.82) is 0 Å². The predicted octanol–water partition coefficient (Wildman–Crippen LogP) is 5.33. The van der Waals surface area contributed by atoms with Crippen LogP contribution in [0.5, 0.6) is 17.2 Å². The first-order valence-corrected chi connectivity index (χ1v) is 14.0. The maximum atomic E-state index is 15.3. The number of aliphatic hydroxyl groups is 1. The van der Waals surface area contributed by atoms with Crippen molar-refractivity contribution in [3.05, 3.63) is 60.8 Å². The maximum Gasteiger partial charge on any atom is 0.420 e. The number of alkyl halides is 3. The van der Waals surface area contributed by atoms with Crippen molar-refractivity contribution >= 4 is 33.9 Å². The van der Waals surface area contributed by atoms with Gasteiger partial charge < -0.3 is 35.0 Å². The van der Waals surface area contributed by atoms with Crippen molar-refractivity contribution < 1.29 is 32.1 Å². The quantitative estimate of drug-likeness (QED) is 0.226. The van der Waals surface area contributed by atoms with Crippen LogP contribution in [0.25, 0.3) is 10.9 Å². The number of aromatic nitrogens is 3. The molecule has 3 N–H and O–H groups in total. The molecular formula is C30H31F4N7O3. The summed E-state index contributed by atoms with van der Waals surface area (Å²) in [6.07, 6.45) is 0.00904. The summed E-state index contributed by atoms with van der Waals surface area (Å²) in [5.41, 5.74) is -1.20. The van der Waals surface area contributed by atoms with E-state index in [4.69, 9.17) is 9.47 Å². The molecule has 0 radical (unpaired) electrons. The van der Waals surface area contributed by atoms with E-state index in [1.165, 1.54) is 41.7 Å². The number of likely N-dealkylation sites (tertiary alicyclic amines) is 1. The average molecular weight is 614 g/mol. The topological polar surface area (TPSA) is 108 Å². The lowest BCUT2D eigenvalue weighted by Gasteiger charge is -2.47. The summed E-state index contributed by atoms with van der Waals surface area (Å²) in [6, 6.07) is 11.2. The van der Waals surface area contributed by atoms with Crippen LogP contribution in [0.3, 0.4) is 0 Å². The molecule has 14 heteroatoms. The van der Waals surface area contributed by atoms with Gasteiger partial charge in [0.15, 0.2) is 5.60 Å². The Hall–Kier alpha value is -4.43. The third-order valence-electron chi connectivity index (χ3n) is 7.94. The number of ether oxygens (including phenoxy) is 2. The molecule has 2 aromatic carbocycles. The molecule has 2 fully saturated rings. The number of β-amino-alcohol motifs (C(OH)–C–C–N with tert-alkyl or cyclic N) is 1. The first kappa shape index (κ1) is 29.6. The SMILES string of the molecule is COc1cc2ncnc(Nc3ccc(Oc4ccnc(N5CC(O)(C(F)(F)F)C5)c4)cc3F)c2cc1NC1CCN(C)CC1. The van der Waals surface area contributed by atoms with Gasteiger partial charge in [0.25, 0.3) is 0 Å². The third kappa shape index (κ3) is 5.99. The van der Waals surface area contributed by atoms with E-state index in [0.717, 1.165) is 31.6 Å². The number of anilines is 4. The third-order valence-corrected chi connectivity index (χ3v) is 7.94. The van der Waals surface area contributed by atoms with Crippen molar-refractivity contribution in [3.63, 3.8) is 0 Å². The Morgan fingerprint density at radius 1 is 0.977 bits per heavy atom. The van der Waals surface area contributed by atoms with Crippen LogP contribution >= 0.6 is 0 Å². The molecule has 0 atom stereocenters. The predicted molar refractivity (Wildman–Crippen MR) is 157 cm³/mol. The van der Waals surface area contributed by atoms with Crippen molar-refractivity contribution in [1.82, 2.24) is 19.9 Å². The molecule has 0 aliphatic carbocycles. The number of methoxy groups -OCH3 is 1. The molecule has 2 saturated heterocycles. The van der Waals surface area contributed by atoms with Gasteiger partial charge in [-0.15, -0.1) is 0 Å². The highest BCUT2D eigenvalue weighted by Crippen LogP contribution is 2.40. The van der Waals surface area contributed by atoms with Crippen LogP contribution in [-0.2, 0) is 0 Å². The van der Waals surface area contributed by atoms with Crippen molar-refractivity contribution in [2.45, 2.75) is 30.7 Å². The number of nitrogens with zero attached hydrogens (tertiary/aromatic N) is 5. The number of benzene rings is 2. The van der Waals surface area contributed by atoms with Gasteiger partial charge in [-0.2, -0.15) is 13.2 Å². The van der Waals surface area contributed by atoms with E-state index in [-0.39, 0.29) is 29.0 Å². The highest BCUT2D eigenvalue weighted by atomic mass is 19.4. The van der Waals surface area contributed by atoms with Gasteiger partial charge in [0.2, 0.25) is 0 Å². The van der Waals surface area contributed by atoms with E-state index in [2.05, 4.69) is 37.5 Å². The van der Waals surface area contributed by atoms with Gasteiger partial charge in [-0.05, 0) is 57.2 Å². The van der Waals surface area contributed by atoms with Crippen LogP contribution in [-0.4, -0.2) is 83.1 Å². The molecule has 44 heavy (non-hydrogen) atoms. The molecule has 4 heterocycles. The minimum atomic E-state index is -4.73. The number of pyridine rings is 1. The Balaban J connectivity index is 1.17. The molecule has 0 saturated carbocycles. The van der Waals surface area contributed by atoms with Gasteiger partial charge in [-0.1, -0.05) is 0 Å². The molecule has 4 aromatic rings. The summed E-state index contributed by atoms with van der Waals surface area (Å²) in [6.45, 7) is 0.718. The van der Waals surface area contributed by atoms with Gasteiger partial charge in [-0.25, -0.2) is 19.3 Å². The fourth-order valence-corrected chi connectivity index (χ4v) is 5.32. The first-order valence-electron chi connectivity index (χ1n) is 14.0. The Kier molecular flexibility index (Phi) is 7.80. The summed E-state index contributed by atoms with van der Waals surface area (Å²) in [7, 11) is 3.71. The second kappa shape index (κ2) is 11.6. The van der Waals surface area contributed by atoms with E-state index in [1.807, 2.05) is 12.1 Å². The summed E-state index contributed by atoms with van der Waals surface area (Å²) < 4.78 is 65.6. The summed E-state index contributed by atoms with van der Waals surface area (Å²) in [5.74, 6) is 1.06. The fraction of sp³-hybridized carbons (Fsp3) is 0.367. The Morgan fingerprint density at radius 2 is 1.73 bits per heavy atom. The molecule has 2 aliphatic heterocycles. The molecule has 0 amide bonds. The number of rotatable bonds is 8. The number of piperidine rings is 1. The molecule has 0 unspecified atom stereocenters. The first-order chi connectivity index (χ1) is 21.0. The van der Waals surface area contributed by atoms with Gasteiger partial charge in [0, 0.05) is 35.8 Å². The fourth-order valence-electron chi connectivity index (χ4n) is 5.32. The zero-order chi connectivity index (χ0) is 31.1. The molecule has 6 rings (SSSR count). The van der Waals surface area contributed by atoms with Crippen LogP contribution in [0.4, 0.5) is 40.6 Å². The molecule has 2 aromatic heterocycles. The van der Waals surface area contributed by atoms with Gasteiger partial charge in [0.05, 0.1) is 37.1 Å². The zero-order valence-electron chi connectivity index (χ0n) is 24.0. The van der Waals surface area contributed by atoms with Crippen LogP contribution in [0.15, 0.2) is 55.0 Å². The standard InChI is InChI=1S/C30H31F4N7O3/c1-40-9-6-18(7-10-40)38-25-13-21-24(14-26(25)43-2)36-17-37-28(21)39-23-4-3-19(11-22(23)31)44-20-5-8-35-27(12-20)41-15-29(42,16-41)30(32,33)34/h3-5,8,11-14,17-18,38,42H,6-7,9-10,15-16H2,1-2H3,(H,36,37,39). The number of hydrogen-bond donors (Lipinski definition) is 3. The van der Waals surface area contributed by atoms with E-state index >= 15 is 4.39 Å². The van der Waals surface area contributed by atoms with E-state index in [0.29, 0.717) is 22.5 Å². The van der Waals surface area contributed by atoms with E-state index < -0.39 is 30.7 Å². The van der Waals surface area contributed by atoms with Gasteiger partial charge >= 0.3 is 6.18 Å². The van der Waals surface area contributed by atoms with Gasteiger partial charge in [0.1, 0.15) is 41.0 Å². The average Bonchev–Trinajstić information content (AvgIpc) is 2.97. The van der Waals surface area contributed by atoms with Crippen LogP contribution in [0.1, 0.15) is 12.8 Å². The molecule has 0 spiro atoms. The number of hydrogen-bond acceptors (Lipinski definition) is 10. The van der Waals surface area contributed by atoms with Crippen LogP contribution in [0.2, 0.25) is 0 Å². The Morgan fingerprint density at radius 3 is 2.43 bits per heavy atom. The Labute approximate surface area is 250 Å². The second-order valence-corrected chi connectivity index (χ2v) is 11.1. The molecular weight excluding hydrogens is 582 g/mol. The number of nitrogens with one attached hydrogen (secondary N) is 2. The summed E-state index contributed by atoms with van der Waals surface area (Å²) in [5, 5.41) is 17.0. The minimum absolute atomic E-state index is 0.153. The number of fused-ring (bicyclic) bond motifs is 1. The minimum Gasteiger partial charge on any atom is -0.495 e. The molecule has 10 nitrogen and oxygen atoms in total. The molecule has 0 bridgehead atoms. The lowest BCUT2D eigenvalue weighted by molar-refractivity contribution is -0.267. The number of halogens is 4. The van der Waals surface area contributed by atoms with E-state index in [1.54, 1.807) is 13.2 Å². The zero-order valence-corrected chi connectivity index (χ0v) is 24.0. The van der Waals surface area contributed by atoms with Crippen molar-refractivity contribution in [3.8, 4) is 17.2 Å².